The van der Waals surface area contributed by atoms with E-state index < -0.39 is 10.0 Å². The summed E-state index contributed by atoms with van der Waals surface area (Å²) in [4.78, 5) is 0.237. The second kappa shape index (κ2) is 7.04. The van der Waals surface area contributed by atoms with Gasteiger partial charge in [-0.3, -0.25) is 0 Å². The molecule has 8 heteroatoms. The first kappa shape index (κ1) is 17.3. The van der Waals surface area contributed by atoms with Gasteiger partial charge in [-0.15, -0.1) is 12.4 Å². The largest absolute Gasteiger partial charge is 0.490 e. The molecule has 1 fully saturated rings. The highest BCUT2D eigenvalue weighted by Gasteiger charge is 2.29. The molecule has 2 N–H and O–H groups in total. The summed E-state index contributed by atoms with van der Waals surface area (Å²) in [7, 11) is -3.52. The maximum absolute atomic E-state index is 12.7. The van der Waals surface area contributed by atoms with Crippen molar-refractivity contribution in [2.45, 2.75) is 30.2 Å². The lowest BCUT2D eigenvalue weighted by Gasteiger charge is -2.30. The third-order valence-electron chi connectivity index (χ3n) is 3.78. The molecule has 0 saturated carbocycles. The van der Waals surface area contributed by atoms with Gasteiger partial charge < -0.3 is 15.2 Å². The van der Waals surface area contributed by atoms with E-state index in [4.69, 9.17) is 15.2 Å². The number of sulfonamides is 1. The molecule has 0 spiro atoms. The Morgan fingerprint density at radius 3 is 2.59 bits per heavy atom. The predicted molar refractivity (Wildman–Crippen MR) is 85.3 cm³/mol. The summed E-state index contributed by atoms with van der Waals surface area (Å²) in [6.45, 7) is 2.01. The third kappa shape index (κ3) is 3.48. The minimum absolute atomic E-state index is 0. The number of hydrogen-bond donors (Lipinski definition) is 1. The monoisotopic (exact) mass is 348 g/mol. The van der Waals surface area contributed by atoms with Crippen LogP contribution in [0.5, 0.6) is 11.5 Å². The van der Waals surface area contributed by atoms with Crippen LogP contribution in [-0.4, -0.2) is 45.1 Å². The molecule has 2 aliphatic heterocycles. The molecule has 1 saturated heterocycles. The molecule has 0 aromatic heterocycles. The predicted octanol–water partition coefficient (Wildman–Crippen LogP) is 1.38. The van der Waals surface area contributed by atoms with Crippen LogP contribution >= 0.6 is 12.4 Å². The Labute approximate surface area is 137 Å². The molecule has 0 radical (unpaired) electrons. The zero-order valence-electron chi connectivity index (χ0n) is 12.2. The molecule has 2 aliphatic rings. The van der Waals surface area contributed by atoms with Gasteiger partial charge in [0.25, 0.3) is 0 Å². The van der Waals surface area contributed by atoms with Gasteiger partial charge in [0.05, 0.1) is 18.1 Å². The van der Waals surface area contributed by atoms with Crippen LogP contribution in [0.15, 0.2) is 23.1 Å². The number of halogens is 1. The van der Waals surface area contributed by atoms with Gasteiger partial charge in [-0.05, 0) is 25.0 Å². The van der Waals surface area contributed by atoms with Gasteiger partial charge in [0, 0.05) is 31.6 Å². The standard InChI is InChI=1S/C14H20N2O4S.ClH/c15-11-3-1-6-16(10-11)21(17,18)12-4-5-13-14(9-12)20-8-2-7-19-13;/h4-5,9,11H,1-3,6-8,10,15H2;1H. The summed E-state index contributed by atoms with van der Waals surface area (Å²) in [5.41, 5.74) is 5.88. The molecule has 3 rings (SSSR count). The van der Waals surface area contributed by atoms with Gasteiger partial charge in [0.1, 0.15) is 0 Å². The fourth-order valence-electron chi connectivity index (χ4n) is 2.65. The van der Waals surface area contributed by atoms with E-state index in [9.17, 15) is 8.42 Å². The lowest BCUT2D eigenvalue weighted by atomic mass is 10.1. The van der Waals surface area contributed by atoms with E-state index in [-0.39, 0.29) is 23.3 Å². The molecular weight excluding hydrogens is 328 g/mol. The summed E-state index contributed by atoms with van der Waals surface area (Å²) in [6, 6.07) is 4.70. The molecule has 2 heterocycles. The molecule has 1 unspecified atom stereocenters. The molecule has 6 nitrogen and oxygen atoms in total. The van der Waals surface area contributed by atoms with Crippen LogP contribution in [0.3, 0.4) is 0 Å². The Morgan fingerprint density at radius 2 is 1.86 bits per heavy atom. The Bertz CT molecular complexity index is 623. The molecule has 0 amide bonds. The van der Waals surface area contributed by atoms with Crippen LogP contribution in [0.1, 0.15) is 19.3 Å². The molecular formula is C14H21ClN2O4S. The minimum Gasteiger partial charge on any atom is -0.490 e. The number of nitrogens with zero attached hydrogens (tertiary/aromatic N) is 1. The first-order valence-electron chi connectivity index (χ1n) is 7.23. The summed E-state index contributed by atoms with van der Waals surface area (Å²) >= 11 is 0. The normalized spacial score (nSPS) is 22.5. The highest BCUT2D eigenvalue weighted by Crippen LogP contribution is 2.33. The van der Waals surface area contributed by atoms with Crippen molar-refractivity contribution in [1.82, 2.24) is 4.31 Å². The van der Waals surface area contributed by atoms with Crippen LogP contribution in [0, 0.1) is 0 Å². The van der Waals surface area contributed by atoms with Crippen molar-refractivity contribution >= 4 is 22.4 Å². The first-order valence-corrected chi connectivity index (χ1v) is 8.67. The third-order valence-corrected chi connectivity index (χ3v) is 5.64. The van der Waals surface area contributed by atoms with Crippen LogP contribution in [0.25, 0.3) is 0 Å². The van der Waals surface area contributed by atoms with E-state index in [1.54, 1.807) is 18.2 Å². The van der Waals surface area contributed by atoms with E-state index in [1.807, 2.05) is 0 Å². The summed E-state index contributed by atoms with van der Waals surface area (Å²) in [5.74, 6) is 1.09. The number of piperidine rings is 1. The van der Waals surface area contributed by atoms with Crippen molar-refractivity contribution in [2.24, 2.45) is 5.73 Å². The highest BCUT2D eigenvalue weighted by atomic mass is 35.5. The fourth-order valence-corrected chi connectivity index (χ4v) is 4.20. The SMILES string of the molecule is Cl.NC1CCCN(S(=O)(=O)c2ccc3c(c2)OCCCO3)C1. The molecule has 0 aliphatic carbocycles. The molecule has 0 bridgehead atoms. The Hall–Kier alpha value is -1.02. The Balaban J connectivity index is 0.00000176. The maximum atomic E-state index is 12.7. The lowest BCUT2D eigenvalue weighted by molar-refractivity contribution is 0.296. The van der Waals surface area contributed by atoms with Crippen molar-refractivity contribution in [3.05, 3.63) is 18.2 Å². The number of nitrogens with two attached hydrogens (primary N) is 1. The first-order chi connectivity index (χ1) is 10.1. The van der Waals surface area contributed by atoms with Crippen molar-refractivity contribution < 1.29 is 17.9 Å². The molecule has 1 aromatic carbocycles. The van der Waals surface area contributed by atoms with Gasteiger partial charge in [0.2, 0.25) is 10.0 Å². The fraction of sp³-hybridized carbons (Fsp3) is 0.571. The molecule has 1 atom stereocenters. The topological polar surface area (TPSA) is 81.9 Å². The van der Waals surface area contributed by atoms with Gasteiger partial charge >= 0.3 is 0 Å². The van der Waals surface area contributed by atoms with E-state index >= 15 is 0 Å². The second-order valence-electron chi connectivity index (χ2n) is 5.42. The van der Waals surface area contributed by atoms with E-state index in [0.29, 0.717) is 37.8 Å². The number of fused-ring (bicyclic) bond motifs is 1. The summed E-state index contributed by atoms with van der Waals surface area (Å²) < 4.78 is 37.9. The average molecular weight is 349 g/mol. The van der Waals surface area contributed by atoms with Gasteiger partial charge in [-0.25, -0.2) is 8.42 Å². The smallest absolute Gasteiger partial charge is 0.243 e. The van der Waals surface area contributed by atoms with Crippen molar-refractivity contribution in [3.8, 4) is 11.5 Å². The van der Waals surface area contributed by atoms with E-state index in [0.717, 1.165) is 19.3 Å². The van der Waals surface area contributed by atoms with Crippen LogP contribution < -0.4 is 15.2 Å². The Kier molecular flexibility index (Phi) is 5.55. The molecule has 22 heavy (non-hydrogen) atoms. The summed E-state index contributed by atoms with van der Waals surface area (Å²) in [6.07, 6.45) is 2.45. The number of rotatable bonds is 2. The van der Waals surface area contributed by atoms with Crippen LogP contribution in [0.2, 0.25) is 0 Å². The second-order valence-corrected chi connectivity index (χ2v) is 7.36. The zero-order valence-corrected chi connectivity index (χ0v) is 13.9. The van der Waals surface area contributed by atoms with Crippen molar-refractivity contribution in [1.29, 1.82) is 0 Å². The van der Waals surface area contributed by atoms with E-state index in [1.165, 1.54) is 4.31 Å². The van der Waals surface area contributed by atoms with Crippen molar-refractivity contribution in [3.63, 3.8) is 0 Å². The minimum atomic E-state index is -3.52. The van der Waals surface area contributed by atoms with Crippen LogP contribution in [0.4, 0.5) is 0 Å². The summed E-state index contributed by atoms with van der Waals surface area (Å²) in [5, 5.41) is 0. The highest BCUT2D eigenvalue weighted by molar-refractivity contribution is 7.89. The van der Waals surface area contributed by atoms with E-state index in [2.05, 4.69) is 0 Å². The number of hydrogen-bond acceptors (Lipinski definition) is 5. The maximum Gasteiger partial charge on any atom is 0.243 e. The zero-order chi connectivity index (χ0) is 14.9. The van der Waals surface area contributed by atoms with Gasteiger partial charge in [-0.2, -0.15) is 4.31 Å². The quantitative estimate of drug-likeness (QED) is 0.873. The van der Waals surface area contributed by atoms with Crippen LogP contribution in [-0.2, 0) is 10.0 Å². The molecule has 1 aromatic rings. The van der Waals surface area contributed by atoms with Crippen molar-refractivity contribution in [2.75, 3.05) is 26.3 Å². The van der Waals surface area contributed by atoms with Gasteiger partial charge in [0.15, 0.2) is 11.5 Å². The lowest BCUT2D eigenvalue weighted by Crippen LogP contribution is -2.45. The average Bonchev–Trinajstić information content (AvgIpc) is 2.71. The number of benzene rings is 1. The molecule has 124 valence electrons. The number of ether oxygens (including phenoxy) is 2. The van der Waals surface area contributed by atoms with Gasteiger partial charge in [-0.1, -0.05) is 0 Å². The Morgan fingerprint density at radius 1 is 1.14 bits per heavy atom.